The maximum Gasteiger partial charge on any atom is 0.416 e. The molecule has 1 nitrogen and oxygen atoms in total. The topological polar surface area (TPSA) is 12.9 Å². The van der Waals surface area contributed by atoms with Crippen LogP contribution in [0.3, 0.4) is 0 Å². The average Bonchev–Trinajstić information content (AvgIpc) is 2.15. The fourth-order valence-electron chi connectivity index (χ4n) is 1.35. The van der Waals surface area contributed by atoms with Crippen LogP contribution in [0.2, 0.25) is 0 Å². The normalized spacial score (nSPS) is 12.0. The molecule has 1 radical (unpaired) electrons. The van der Waals surface area contributed by atoms with Gasteiger partial charge < -0.3 is 0 Å². The number of alkyl halides is 3. The first-order valence-corrected chi connectivity index (χ1v) is 4.26. The van der Waals surface area contributed by atoms with E-state index < -0.39 is 11.7 Å². The average molecular weight is 210 g/mol. The molecule has 0 saturated carbocycles. The van der Waals surface area contributed by atoms with E-state index in [0.717, 1.165) is 12.1 Å². The van der Waals surface area contributed by atoms with Crippen molar-refractivity contribution >= 4 is 10.9 Å². The second kappa shape index (κ2) is 3.22. The van der Waals surface area contributed by atoms with Crippen LogP contribution in [0.15, 0.2) is 30.5 Å². The number of benzene rings is 1. The summed E-state index contributed by atoms with van der Waals surface area (Å²) in [6.07, 6.45) is -2.79. The first kappa shape index (κ1) is 9.96. The zero-order chi connectivity index (χ0) is 11.1. The zero-order valence-corrected chi connectivity index (χ0v) is 7.67. The molecule has 0 amide bonds. The van der Waals surface area contributed by atoms with E-state index in [9.17, 15) is 13.2 Å². The van der Waals surface area contributed by atoms with E-state index >= 15 is 0 Å². The number of halogens is 3. The van der Waals surface area contributed by atoms with Crippen molar-refractivity contribution in [3.63, 3.8) is 0 Å². The highest BCUT2D eigenvalue weighted by molar-refractivity contribution is 5.80. The molecule has 0 aliphatic heterocycles. The maximum atomic E-state index is 12.4. The largest absolute Gasteiger partial charge is 0.416 e. The summed E-state index contributed by atoms with van der Waals surface area (Å²) in [5.74, 6) is 0. The van der Waals surface area contributed by atoms with Gasteiger partial charge in [0.15, 0.2) is 0 Å². The van der Waals surface area contributed by atoms with Crippen LogP contribution in [0.4, 0.5) is 13.2 Å². The Bertz CT molecular complexity index is 503. The minimum absolute atomic E-state index is 0.456. The lowest BCUT2D eigenvalue weighted by molar-refractivity contribution is -0.137. The third-order valence-corrected chi connectivity index (χ3v) is 2.07. The Hall–Kier alpha value is -1.58. The van der Waals surface area contributed by atoms with Crippen LogP contribution < -0.4 is 0 Å². The van der Waals surface area contributed by atoms with Gasteiger partial charge in [0.25, 0.3) is 0 Å². The number of hydrogen-bond acceptors (Lipinski definition) is 1. The first-order chi connectivity index (χ1) is 6.97. The molecule has 0 aliphatic rings. The SMILES string of the molecule is [CH2]c1cnc2ccc(C(F)(F)F)cc2c1. The number of fused-ring (bicyclic) bond motifs is 1. The summed E-state index contributed by atoms with van der Waals surface area (Å²) < 4.78 is 37.1. The fourth-order valence-corrected chi connectivity index (χ4v) is 1.35. The Balaban J connectivity index is 2.64. The molecule has 0 N–H and O–H groups in total. The van der Waals surface area contributed by atoms with E-state index in [-0.39, 0.29) is 0 Å². The van der Waals surface area contributed by atoms with Crippen molar-refractivity contribution in [2.24, 2.45) is 0 Å². The molecule has 0 bridgehead atoms. The Morgan fingerprint density at radius 2 is 1.87 bits per heavy atom. The molecule has 2 rings (SSSR count). The van der Waals surface area contributed by atoms with E-state index in [0.29, 0.717) is 16.5 Å². The Labute approximate surface area is 84.6 Å². The van der Waals surface area contributed by atoms with Gasteiger partial charge in [0.1, 0.15) is 0 Å². The second-order valence-corrected chi connectivity index (χ2v) is 3.25. The quantitative estimate of drug-likeness (QED) is 0.649. The molecule has 0 atom stereocenters. The molecule has 0 saturated heterocycles. The van der Waals surface area contributed by atoms with Gasteiger partial charge in [-0.05, 0) is 36.8 Å². The molecule has 77 valence electrons. The Morgan fingerprint density at radius 1 is 1.13 bits per heavy atom. The minimum atomic E-state index is -4.31. The van der Waals surface area contributed by atoms with Crippen molar-refractivity contribution in [1.29, 1.82) is 0 Å². The monoisotopic (exact) mass is 210 g/mol. The standard InChI is InChI=1S/C11H7F3N/c1-7-4-8-5-9(11(12,13)14)2-3-10(8)15-6-7/h2-6H,1H2. The fraction of sp³-hybridized carbons (Fsp3) is 0.0909. The number of hydrogen-bond donors (Lipinski definition) is 0. The minimum Gasteiger partial charge on any atom is -0.256 e. The van der Waals surface area contributed by atoms with Crippen molar-refractivity contribution in [2.45, 2.75) is 6.18 Å². The van der Waals surface area contributed by atoms with Crippen LogP contribution in [-0.4, -0.2) is 4.98 Å². The van der Waals surface area contributed by atoms with Crippen molar-refractivity contribution in [3.8, 4) is 0 Å². The predicted octanol–water partition coefficient (Wildman–Crippen LogP) is 3.44. The molecule has 2 aromatic rings. The van der Waals surface area contributed by atoms with Crippen LogP contribution in [0.1, 0.15) is 11.1 Å². The van der Waals surface area contributed by atoms with Crippen molar-refractivity contribution in [3.05, 3.63) is 48.5 Å². The molecule has 4 heteroatoms. The van der Waals surface area contributed by atoms with Gasteiger partial charge in [-0.15, -0.1) is 0 Å². The van der Waals surface area contributed by atoms with Gasteiger partial charge in [0.05, 0.1) is 11.1 Å². The summed E-state index contributed by atoms with van der Waals surface area (Å²) in [5, 5.41) is 0.456. The van der Waals surface area contributed by atoms with Gasteiger partial charge >= 0.3 is 6.18 Å². The highest BCUT2D eigenvalue weighted by Crippen LogP contribution is 2.31. The van der Waals surface area contributed by atoms with Gasteiger partial charge in [-0.1, -0.05) is 0 Å². The molecule has 0 unspecified atom stereocenters. The summed E-state index contributed by atoms with van der Waals surface area (Å²) >= 11 is 0. The van der Waals surface area contributed by atoms with Gasteiger partial charge in [-0.25, -0.2) is 0 Å². The van der Waals surface area contributed by atoms with Gasteiger partial charge in [-0.2, -0.15) is 13.2 Å². The van der Waals surface area contributed by atoms with Crippen LogP contribution in [0, 0.1) is 6.92 Å². The van der Waals surface area contributed by atoms with Gasteiger partial charge in [-0.3, -0.25) is 4.98 Å². The number of rotatable bonds is 0. The van der Waals surface area contributed by atoms with Crippen LogP contribution in [0.25, 0.3) is 10.9 Å². The number of pyridine rings is 1. The van der Waals surface area contributed by atoms with Gasteiger partial charge in [0, 0.05) is 11.6 Å². The van der Waals surface area contributed by atoms with E-state index in [1.165, 1.54) is 12.3 Å². The highest BCUT2D eigenvalue weighted by Gasteiger charge is 2.30. The second-order valence-electron chi connectivity index (χ2n) is 3.25. The molecule has 1 heterocycles. The lowest BCUT2D eigenvalue weighted by Crippen LogP contribution is -2.04. The van der Waals surface area contributed by atoms with Crippen LogP contribution in [0.5, 0.6) is 0 Å². The highest BCUT2D eigenvalue weighted by atomic mass is 19.4. The van der Waals surface area contributed by atoms with E-state index in [2.05, 4.69) is 11.9 Å². The molecule has 0 fully saturated rings. The Kier molecular flexibility index (Phi) is 2.14. The third kappa shape index (κ3) is 1.93. The summed E-state index contributed by atoms with van der Waals surface area (Å²) in [4.78, 5) is 3.97. The van der Waals surface area contributed by atoms with E-state index in [1.807, 2.05) is 0 Å². The molecule has 0 spiro atoms. The lowest BCUT2D eigenvalue weighted by atomic mass is 10.1. The molecular weight excluding hydrogens is 203 g/mol. The summed E-state index contributed by atoms with van der Waals surface area (Å²) in [7, 11) is 0. The summed E-state index contributed by atoms with van der Waals surface area (Å²) in [5.41, 5.74) is 0.472. The zero-order valence-electron chi connectivity index (χ0n) is 7.67. The predicted molar refractivity (Wildman–Crippen MR) is 51.2 cm³/mol. The van der Waals surface area contributed by atoms with Crippen molar-refractivity contribution in [2.75, 3.05) is 0 Å². The first-order valence-electron chi connectivity index (χ1n) is 4.26. The molecule has 0 aliphatic carbocycles. The number of nitrogens with zero attached hydrogens (tertiary/aromatic N) is 1. The molecule has 15 heavy (non-hydrogen) atoms. The van der Waals surface area contributed by atoms with Gasteiger partial charge in [0.2, 0.25) is 0 Å². The smallest absolute Gasteiger partial charge is 0.256 e. The van der Waals surface area contributed by atoms with Crippen LogP contribution >= 0.6 is 0 Å². The lowest BCUT2D eigenvalue weighted by Gasteiger charge is -2.07. The summed E-state index contributed by atoms with van der Waals surface area (Å²) in [6.45, 7) is 3.62. The third-order valence-electron chi connectivity index (χ3n) is 2.07. The maximum absolute atomic E-state index is 12.4. The molecular formula is C11H7F3N. The molecule has 1 aromatic carbocycles. The van der Waals surface area contributed by atoms with Crippen molar-refractivity contribution in [1.82, 2.24) is 4.98 Å². The number of aromatic nitrogens is 1. The van der Waals surface area contributed by atoms with Crippen molar-refractivity contribution < 1.29 is 13.2 Å². The molecule has 1 aromatic heterocycles. The summed E-state index contributed by atoms with van der Waals surface area (Å²) in [6, 6.07) is 5.05. The Morgan fingerprint density at radius 3 is 2.53 bits per heavy atom. The van der Waals surface area contributed by atoms with E-state index in [1.54, 1.807) is 6.07 Å². The van der Waals surface area contributed by atoms with E-state index in [4.69, 9.17) is 0 Å². The van der Waals surface area contributed by atoms with Crippen LogP contribution in [-0.2, 0) is 6.18 Å².